The van der Waals surface area contributed by atoms with Crippen molar-refractivity contribution in [2.24, 2.45) is 0 Å². The zero-order valence-electron chi connectivity index (χ0n) is 9.28. The molecule has 0 amide bonds. The van der Waals surface area contributed by atoms with Gasteiger partial charge in [0.15, 0.2) is 0 Å². The first-order valence-electron chi connectivity index (χ1n) is 5.14. The highest BCUT2D eigenvalue weighted by atomic mass is 16.7. The number of benzene rings is 1. The predicted molar refractivity (Wildman–Crippen MR) is 61.0 cm³/mol. The van der Waals surface area contributed by atoms with Crippen molar-refractivity contribution in [3.05, 3.63) is 47.5 Å². The van der Waals surface area contributed by atoms with Crippen molar-refractivity contribution in [1.29, 1.82) is 0 Å². The van der Waals surface area contributed by atoms with E-state index >= 15 is 0 Å². The first kappa shape index (κ1) is 12.0. The maximum Gasteiger partial charge on any atom is 0.363 e. The molecule has 0 unspecified atom stereocenters. The van der Waals surface area contributed by atoms with Gasteiger partial charge in [0.25, 0.3) is 0 Å². The van der Waals surface area contributed by atoms with E-state index in [1.807, 2.05) is 0 Å². The smallest absolute Gasteiger partial charge is 0.363 e. The van der Waals surface area contributed by atoms with E-state index in [4.69, 9.17) is 9.94 Å². The number of nitrogens with zero attached hydrogens (tertiary/aromatic N) is 1. The van der Waals surface area contributed by atoms with Crippen LogP contribution in [0.1, 0.15) is 15.9 Å². The number of aromatic nitrogens is 1. The van der Waals surface area contributed by atoms with Crippen LogP contribution in [-0.4, -0.2) is 26.0 Å². The molecule has 1 aromatic heterocycles. The zero-order chi connectivity index (χ0) is 13.1. The maximum absolute atomic E-state index is 11.7. The van der Waals surface area contributed by atoms with Gasteiger partial charge in [-0.15, -0.1) is 4.73 Å². The van der Waals surface area contributed by atoms with Gasteiger partial charge in [-0.2, -0.15) is 0 Å². The minimum Gasteiger partial charge on any atom is -0.492 e. The summed E-state index contributed by atoms with van der Waals surface area (Å²) >= 11 is 0. The van der Waals surface area contributed by atoms with Crippen molar-refractivity contribution in [3.8, 4) is 11.8 Å². The highest BCUT2D eigenvalue weighted by Gasteiger charge is 2.13. The predicted octanol–water partition coefficient (Wildman–Crippen LogP) is 0.661. The lowest BCUT2D eigenvalue weighted by Gasteiger charge is -2.07. The monoisotopic (exact) mass is 249 g/mol. The number of hydrogen-bond donors (Lipinski definition) is 3. The van der Waals surface area contributed by atoms with E-state index < -0.39 is 5.97 Å². The molecule has 94 valence electrons. The normalized spacial score (nSPS) is 10.3. The lowest BCUT2D eigenvalue weighted by atomic mass is 10.1. The molecule has 0 atom stereocenters. The molecule has 0 spiro atoms. The van der Waals surface area contributed by atoms with Crippen LogP contribution < -0.4 is 4.84 Å². The van der Waals surface area contributed by atoms with Crippen LogP contribution in [0.5, 0.6) is 11.8 Å². The van der Waals surface area contributed by atoms with Gasteiger partial charge in [-0.25, -0.2) is 4.79 Å². The van der Waals surface area contributed by atoms with E-state index in [1.54, 1.807) is 12.1 Å². The van der Waals surface area contributed by atoms with E-state index in [9.17, 15) is 15.0 Å². The number of rotatable bonds is 3. The Hall–Kier alpha value is -2.47. The van der Waals surface area contributed by atoms with Crippen LogP contribution >= 0.6 is 0 Å². The largest absolute Gasteiger partial charge is 0.492 e. The molecule has 0 radical (unpaired) electrons. The van der Waals surface area contributed by atoms with Crippen molar-refractivity contribution in [2.45, 2.75) is 6.61 Å². The second kappa shape index (κ2) is 4.80. The average molecular weight is 249 g/mol. The van der Waals surface area contributed by atoms with Crippen LogP contribution in [0.4, 0.5) is 0 Å². The summed E-state index contributed by atoms with van der Waals surface area (Å²) in [6.45, 7) is -0.117. The summed E-state index contributed by atoms with van der Waals surface area (Å²) in [5.74, 6) is -1.50. The average Bonchev–Trinajstić information content (AvgIpc) is 2.70. The number of carbonyl (C=O) groups is 1. The van der Waals surface area contributed by atoms with E-state index in [-0.39, 0.29) is 23.9 Å². The Morgan fingerprint density at radius 2 is 1.61 bits per heavy atom. The van der Waals surface area contributed by atoms with E-state index in [0.29, 0.717) is 10.3 Å². The molecule has 0 aliphatic rings. The van der Waals surface area contributed by atoms with Crippen LogP contribution in [0.25, 0.3) is 0 Å². The van der Waals surface area contributed by atoms with Gasteiger partial charge in [0.1, 0.15) is 0 Å². The van der Waals surface area contributed by atoms with E-state index in [1.165, 1.54) is 24.3 Å². The van der Waals surface area contributed by atoms with Crippen LogP contribution in [0.15, 0.2) is 36.4 Å². The summed E-state index contributed by atoms with van der Waals surface area (Å²) < 4.78 is 0.613. The fourth-order valence-electron chi connectivity index (χ4n) is 1.38. The molecule has 0 fully saturated rings. The van der Waals surface area contributed by atoms with Crippen molar-refractivity contribution < 1.29 is 25.0 Å². The summed E-state index contributed by atoms with van der Waals surface area (Å²) in [7, 11) is 0. The zero-order valence-corrected chi connectivity index (χ0v) is 9.28. The summed E-state index contributed by atoms with van der Waals surface area (Å²) in [5, 5.41) is 27.5. The third-order valence-electron chi connectivity index (χ3n) is 2.34. The van der Waals surface area contributed by atoms with Gasteiger partial charge < -0.3 is 20.2 Å². The lowest BCUT2D eigenvalue weighted by molar-refractivity contribution is 0.0381. The fraction of sp³-hybridized carbons (Fsp3) is 0.0833. The summed E-state index contributed by atoms with van der Waals surface area (Å²) in [5.41, 5.74) is 0.901. The SMILES string of the molecule is O=C(On1c(O)ccc1O)c1ccc(CO)cc1. The molecule has 2 aromatic rings. The third kappa shape index (κ3) is 2.28. The molecule has 3 N–H and O–H groups in total. The molecule has 0 bridgehead atoms. The minimum atomic E-state index is -0.735. The van der Waals surface area contributed by atoms with Crippen molar-refractivity contribution in [1.82, 2.24) is 4.73 Å². The van der Waals surface area contributed by atoms with Crippen molar-refractivity contribution >= 4 is 5.97 Å². The Morgan fingerprint density at radius 1 is 1.06 bits per heavy atom. The first-order chi connectivity index (χ1) is 8.61. The van der Waals surface area contributed by atoms with Crippen LogP contribution in [0.2, 0.25) is 0 Å². The Kier molecular flexibility index (Phi) is 3.20. The Bertz CT molecular complexity index is 539. The minimum absolute atomic E-state index is 0.117. The number of aromatic hydroxyl groups is 2. The Labute approximate surface area is 102 Å². The summed E-state index contributed by atoms with van der Waals surface area (Å²) in [6, 6.07) is 8.49. The highest BCUT2D eigenvalue weighted by Crippen LogP contribution is 2.19. The van der Waals surface area contributed by atoms with Gasteiger partial charge in [-0.3, -0.25) is 0 Å². The molecule has 0 saturated carbocycles. The number of aliphatic hydroxyl groups is 1. The topological polar surface area (TPSA) is 91.9 Å². The summed E-state index contributed by atoms with van der Waals surface area (Å²) in [4.78, 5) is 16.5. The maximum atomic E-state index is 11.7. The van der Waals surface area contributed by atoms with E-state index in [0.717, 1.165) is 0 Å². The van der Waals surface area contributed by atoms with Gasteiger partial charge in [0.2, 0.25) is 11.8 Å². The van der Waals surface area contributed by atoms with Gasteiger partial charge in [0.05, 0.1) is 12.2 Å². The molecule has 6 nitrogen and oxygen atoms in total. The highest BCUT2D eigenvalue weighted by molar-refractivity contribution is 5.89. The molecule has 2 rings (SSSR count). The first-order valence-corrected chi connectivity index (χ1v) is 5.14. The van der Waals surface area contributed by atoms with Gasteiger partial charge in [-0.05, 0) is 17.7 Å². The van der Waals surface area contributed by atoms with Crippen LogP contribution in [0, 0.1) is 0 Å². The van der Waals surface area contributed by atoms with Crippen LogP contribution in [-0.2, 0) is 6.61 Å². The van der Waals surface area contributed by atoms with E-state index in [2.05, 4.69) is 0 Å². The third-order valence-corrected chi connectivity index (χ3v) is 2.34. The summed E-state index contributed by atoms with van der Waals surface area (Å²) in [6.07, 6.45) is 0. The Balaban J connectivity index is 2.17. The molecule has 0 aliphatic heterocycles. The quantitative estimate of drug-likeness (QED) is 0.743. The number of carbonyl (C=O) groups excluding carboxylic acids is 1. The van der Waals surface area contributed by atoms with Gasteiger partial charge in [0, 0.05) is 12.1 Å². The van der Waals surface area contributed by atoms with Crippen molar-refractivity contribution in [3.63, 3.8) is 0 Å². The second-order valence-electron chi connectivity index (χ2n) is 3.58. The molecule has 0 aliphatic carbocycles. The van der Waals surface area contributed by atoms with Gasteiger partial charge in [-0.1, -0.05) is 12.1 Å². The molecule has 6 heteroatoms. The number of aliphatic hydroxyl groups excluding tert-OH is 1. The molecule has 1 aromatic carbocycles. The second-order valence-corrected chi connectivity index (χ2v) is 3.58. The lowest BCUT2D eigenvalue weighted by Crippen LogP contribution is -2.19. The molecule has 0 saturated heterocycles. The van der Waals surface area contributed by atoms with Crippen LogP contribution in [0.3, 0.4) is 0 Å². The molecular formula is C12H11NO5. The Morgan fingerprint density at radius 3 is 2.11 bits per heavy atom. The standard InChI is InChI=1S/C12H11NO5/c14-7-8-1-3-9(4-2-8)12(17)18-13-10(15)5-6-11(13)16/h1-6,14-16H,7H2. The van der Waals surface area contributed by atoms with Crippen molar-refractivity contribution in [2.75, 3.05) is 0 Å². The number of hydrogen-bond acceptors (Lipinski definition) is 5. The fourth-order valence-corrected chi connectivity index (χ4v) is 1.38. The molecule has 1 heterocycles. The molecular weight excluding hydrogens is 238 g/mol. The molecule has 18 heavy (non-hydrogen) atoms. The van der Waals surface area contributed by atoms with Gasteiger partial charge >= 0.3 is 5.97 Å².